The molecule has 2 aromatic rings. The third kappa shape index (κ3) is 2.39. The van der Waals surface area contributed by atoms with E-state index in [4.69, 9.17) is 0 Å². The minimum atomic E-state index is 0.464. The number of rotatable bonds is 4. The topological polar surface area (TPSA) is 46.8 Å². The largest absolute Gasteiger partial charge is 0.288 e. The predicted octanol–water partition coefficient (Wildman–Crippen LogP) is 2.74. The maximum atomic E-state index is 4.68. The monoisotopic (exact) mass is 309 g/mol. The number of allylic oxidation sites excluding steroid dienone is 1. The summed E-state index contributed by atoms with van der Waals surface area (Å²) in [5, 5.41) is 4.49. The second-order valence-electron chi connectivity index (χ2n) is 6.67. The Balaban J connectivity index is 1.61. The molecule has 0 N–H and O–H groups in total. The molecule has 0 aliphatic carbocycles. The predicted molar refractivity (Wildman–Crippen MR) is 88.9 cm³/mol. The number of hydrogen-bond acceptors (Lipinski definition) is 4. The van der Waals surface area contributed by atoms with Crippen molar-refractivity contribution in [1.82, 2.24) is 24.6 Å². The summed E-state index contributed by atoms with van der Waals surface area (Å²) in [6.45, 7) is 9.67. The van der Waals surface area contributed by atoms with Crippen molar-refractivity contribution in [2.45, 2.75) is 58.3 Å². The first-order valence-corrected chi connectivity index (χ1v) is 8.37. The standard InChI is InChI=1S/C18H23N5/c1-4-7-23-12(2)14(9-20-23)11-22-15-5-6-18(22)16-10-19-13(3)21-17(16)8-15/h4,9-10,15,18H,1,5-8,11H2,2-3H3. The quantitative estimate of drug-likeness (QED) is 0.815. The van der Waals surface area contributed by atoms with Crippen LogP contribution in [-0.2, 0) is 19.5 Å². The van der Waals surface area contributed by atoms with Gasteiger partial charge in [0.05, 0.1) is 18.4 Å². The van der Waals surface area contributed by atoms with Gasteiger partial charge in [0.1, 0.15) is 5.82 Å². The van der Waals surface area contributed by atoms with Crippen molar-refractivity contribution in [2.24, 2.45) is 0 Å². The van der Waals surface area contributed by atoms with Crippen LogP contribution in [0.25, 0.3) is 0 Å². The van der Waals surface area contributed by atoms with Crippen molar-refractivity contribution in [3.05, 3.63) is 53.4 Å². The van der Waals surface area contributed by atoms with Gasteiger partial charge in [0.2, 0.25) is 0 Å². The Kier molecular flexibility index (Phi) is 3.53. The van der Waals surface area contributed by atoms with Gasteiger partial charge in [-0.25, -0.2) is 9.97 Å². The summed E-state index contributed by atoms with van der Waals surface area (Å²) in [6, 6.07) is 1.07. The molecule has 2 aromatic heterocycles. The van der Waals surface area contributed by atoms with Gasteiger partial charge in [-0.15, -0.1) is 6.58 Å². The van der Waals surface area contributed by atoms with Crippen LogP contribution >= 0.6 is 0 Å². The number of fused-ring (bicyclic) bond motifs is 4. The zero-order valence-electron chi connectivity index (χ0n) is 13.9. The number of aryl methyl sites for hydroxylation is 1. The highest BCUT2D eigenvalue weighted by Gasteiger charge is 2.40. The SMILES string of the molecule is C=CCn1ncc(CN2C3CCC2c2cnc(C)nc2C3)c1C. The first-order valence-electron chi connectivity index (χ1n) is 8.37. The molecule has 0 saturated carbocycles. The highest BCUT2D eigenvalue weighted by molar-refractivity contribution is 5.29. The van der Waals surface area contributed by atoms with Crippen LogP contribution in [-0.4, -0.2) is 30.7 Å². The van der Waals surface area contributed by atoms with Crippen molar-refractivity contribution >= 4 is 0 Å². The van der Waals surface area contributed by atoms with E-state index in [0.717, 1.165) is 25.3 Å². The molecular weight excluding hydrogens is 286 g/mol. The third-order valence-corrected chi connectivity index (χ3v) is 5.31. The first kappa shape index (κ1) is 14.6. The van der Waals surface area contributed by atoms with Crippen LogP contribution < -0.4 is 0 Å². The first-order chi connectivity index (χ1) is 11.2. The Morgan fingerprint density at radius 2 is 2.17 bits per heavy atom. The second-order valence-corrected chi connectivity index (χ2v) is 6.67. The molecule has 0 amide bonds. The summed E-state index contributed by atoms with van der Waals surface area (Å²) in [7, 11) is 0. The fourth-order valence-corrected chi connectivity index (χ4v) is 4.06. The van der Waals surface area contributed by atoms with E-state index >= 15 is 0 Å². The van der Waals surface area contributed by atoms with Gasteiger partial charge in [-0.1, -0.05) is 6.08 Å². The van der Waals surface area contributed by atoms with Crippen LogP contribution in [0.1, 0.15) is 47.2 Å². The highest BCUT2D eigenvalue weighted by atomic mass is 15.3. The molecule has 0 aromatic carbocycles. The van der Waals surface area contributed by atoms with Crippen molar-refractivity contribution in [1.29, 1.82) is 0 Å². The lowest BCUT2D eigenvalue weighted by molar-refractivity contribution is 0.165. The normalized spacial score (nSPS) is 23.0. The van der Waals surface area contributed by atoms with Gasteiger partial charge in [0.25, 0.3) is 0 Å². The fraction of sp³-hybridized carbons (Fsp3) is 0.500. The minimum absolute atomic E-state index is 0.464. The second kappa shape index (κ2) is 5.57. The molecule has 2 atom stereocenters. The molecule has 2 aliphatic heterocycles. The third-order valence-electron chi connectivity index (χ3n) is 5.31. The molecular formula is C18H23N5. The fourth-order valence-electron chi connectivity index (χ4n) is 4.06. The summed E-state index contributed by atoms with van der Waals surface area (Å²) in [5.74, 6) is 0.887. The molecule has 23 heavy (non-hydrogen) atoms. The van der Waals surface area contributed by atoms with Crippen molar-refractivity contribution in [3.8, 4) is 0 Å². The van der Waals surface area contributed by atoms with Crippen LogP contribution in [0.4, 0.5) is 0 Å². The highest BCUT2D eigenvalue weighted by Crippen LogP contribution is 2.43. The van der Waals surface area contributed by atoms with E-state index in [0.29, 0.717) is 12.1 Å². The average molecular weight is 309 g/mol. The lowest BCUT2D eigenvalue weighted by Crippen LogP contribution is -2.37. The van der Waals surface area contributed by atoms with Crippen molar-refractivity contribution in [2.75, 3.05) is 0 Å². The molecule has 1 saturated heterocycles. The van der Waals surface area contributed by atoms with Crippen LogP contribution in [0.3, 0.4) is 0 Å². The van der Waals surface area contributed by atoms with Gasteiger partial charge in [-0.3, -0.25) is 9.58 Å². The van der Waals surface area contributed by atoms with Crippen molar-refractivity contribution in [3.63, 3.8) is 0 Å². The Morgan fingerprint density at radius 3 is 3.00 bits per heavy atom. The molecule has 0 spiro atoms. The molecule has 1 fully saturated rings. The summed E-state index contributed by atoms with van der Waals surface area (Å²) in [4.78, 5) is 11.7. The maximum Gasteiger partial charge on any atom is 0.125 e. The maximum absolute atomic E-state index is 4.68. The molecule has 2 aliphatic rings. The Labute approximate surface area is 137 Å². The Hall–Kier alpha value is -2.01. The van der Waals surface area contributed by atoms with Gasteiger partial charge in [0.15, 0.2) is 0 Å². The molecule has 4 rings (SSSR count). The van der Waals surface area contributed by atoms with Crippen LogP contribution in [0, 0.1) is 13.8 Å². The zero-order chi connectivity index (χ0) is 16.0. The summed E-state index contributed by atoms with van der Waals surface area (Å²) in [5.41, 5.74) is 5.16. The molecule has 0 radical (unpaired) electrons. The Bertz CT molecular complexity index is 748. The van der Waals surface area contributed by atoms with Gasteiger partial charge in [-0.05, 0) is 26.7 Å². The van der Waals surface area contributed by atoms with E-state index < -0.39 is 0 Å². The van der Waals surface area contributed by atoms with Gasteiger partial charge < -0.3 is 0 Å². The van der Waals surface area contributed by atoms with Gasteiger partial charge >= 0.3 is 0 Å². The van der Waals surface area contributed by atoms with E-state index in [1.165, 1.54) is 35.4 Å². The van der Waals surface area contributed by atoms with Crippen LogP contribution in [0.5, 0.6) is 0 Å². The average Bonchev–Trinajstić information content (AvgIpc) is 3.01. The summed E-state index contributed by atoms with van der Waals surface area (Å²) in [6.07, 6.45) is 9.47. The zero-order valence-corrected chi connectivity index (χ0v) is 13.9. The van der Waals surface area contributed by atoms with E-state index in [9.17, 15) is 0 Å². The lowest BCUT2D eigenvalue weighted by Gasteiger charge is -2.35. The molecule has 2 bridgehead atoms. The Morgan fingerprint density at radius 1 is 1.30 bits per heavy atom. The van der Waals surface area contributed by atoms with E-state index in [-0.39, 0.29) is 0 Å². The van der Waals surface area contributed by atoms with Crippen LogP contribution in [0.15, 0.2) is 25.0 Å². The minimum Gasteiger partial charge on any atom is -0.288 e. The summed E-state index contributed by atoms with van der Waals surface area (Å²) >= 11 is 0. The van der Waals surface area contributed by atoms with Gasteiger partial charge in [0, 0.05) is 48.1 Å². The van der Waals surface area contributed by atoms with E-state index in [1.54, 1.807) is 0 Å². The number of nitrogens with zero attached hydrogens (tertiary/aromatic N) is 5. The van der Waals surface area contributed by atoms with Crippen molar-refractivity contribution < 1.29 is 0 Å². The molecule has 4 heterocycles. The molecule has 120 valence electrons. The molecule has 2 unspecified atom stereocenters. The lowest BCUT2D eigenvalue weighted by atomic mass is 9.98. The van der Waals surface area contributed by atoms with E-state index in [2.05, 4.69) is 33.5 Å². The number of hydrogen-bond donors (Lipinski definition) is 0. The number of aromatic nitrogens is 4. The molecule has 5 nitrogen and oxygen atoms in total. The summed E-state index contributed by atoms with van der Waals surface area (Å²) < 4.78 is 2.02. The van der Waals surface area contributed by atoms with Gasteiger partial charge in [-0.2, -0.15) is 5.10 Å². The van der Waals surface area contributed by atoms with Crippen LogP contribution in [0.2, 0.25) is 0 Å². The van der Waals surface area contributed by atoms with E-state index in [1.807, 2.05) is 30.1 Å². The molecule has 5 heteroatoms. The smallest absolute Gasteiger partial charge is 0.125 e.